The predicted octanol–water partition coefficient (Wildman–Crippen LogP) is 3.64. The summed E-state index contributed by atoms with van der Waals surface area (Å²) in [6, 6.07) is 0. The molecule has 2 saturated carbocycles. The Morgan fingerprint density at radius 3 is 2.65 bits per heavy atom. The number of hydrogen-bond donors (Lipinski definition) is 0. The van der Waals surface area contributed by atoms with Gasteiger partial charge < -0.3 is 4.57 Å². The number of aromatic nitrogens is 3. The highest BCUT2D eigenvalue weighted by molar-refractivity contribution is 6.28. The van der Waals surface area contributed by atoms with Crippen LogP contribution >= 0.6 is 11.6 Å². The molecule has 1 aromatic rings. The Bertz CT molecular complexity index is 397. The zero-order valence-corrected chi connectivity index (χ0v) is 11.2. The van der Waals surface area contributed by atoms with Crippen LogP contribution in [0.3, 0.4) is 0 Å². The van der Waals surface area contributed by atoms with Crippen molar-refractivity contribution < 1.29 is 0 Å². The first-order valence-electron chi connectivity index (χ1n) is 6.84. The van der Waals surface area contributed by atoms with Crippen LogP contribution in [0.4, 0.5) is 0 Å². The van der Waals surface area contributed by atoms with Crippen LogP contribution < -0.4 is 0 Å². The molecular formula is C13H20ClN3. The highest BCUT2D eigenvalue weighted by Crippen LogP contribution is 2.40. The van der Waals surface area contributed by atoms with Crippen molar-refractivity contribution in [1.82, 2.24) is 14.8 Å². The van der Waals surface area contributed by atoms with Crippen LogP contribution in [-0.4, -0.2) is 14.8 Å². The van der Waals surface area contributed by atoms with Gasteiger partial charge in [0.2, 0.25) is 5.28 Å². The van der Waals surface area contributed by atoms with E-state index in [4.69, 9.17) is 11.6 Å². The minimum absolute atomic E-state index is 0.588. The van der Waals surface area contributed by atoms with E-state index in [2.05, 4.69) is 21.7 Å². The van der Waals surface area contributed by atoms with Crippen LogP contribution in [-0.2, 0) is 6.54 Å². The van der Waals surface area contributed by atoms with Crippen molar-refractivity contribution in [1.29, 1.82) is 0 Å². The Hall–Kier alpha value is -0.570. The first kappa shape index (κ1) is 11.5. The van der Waals surface area contributed by atoms with Gasteiger partial charge in [-0.2, -0.15) is 0 Å². The van der Waals surface area contributed by atoms with Crippen LogP contribution in [0.2, 0.25) is 5.28 Å². The lowest BCUT2D eigenvalue weighted by molar-refractivity contribution is 0.226. The number of halogens is 1. The smallest absolute Gasteiger partial charge is 0.225 e. The third-order valence-corrected chi connectivity index (χ3v) is 4.66. The summed E-state index contributed by atoms with van der Waals surface area (Å²) >= 11 is 6.17. The molecule has 2 atom stereocenters. The van der Waals surface area contributed by atoms with Crippen molar-refractivity contribution in [3.8, 4) is 0 Å². The van der Waals surface area contributed by atoms with Gasteiger partial charge in [0.25, 0.3) is 0 Å². The fourth-order valence-corrected chi connectivity index (χ4v) is 3.20. The molecule has 1 heterocycles. The van der Waals surface area contributed by atoms with Crippen molar-refractivity contribution in [2.24, 2.45) is 11.8 Å². The van der Waals surface area contributed by atoms with Gasteiger partial charge in [-0.1, -0.05) is 26.2 Å². The summed E-state index contributed by atoms with van der Waals surface area (Å²) < 4.78 is 2.17. The fraction of sp³-hybridized carbons (Fsp3) is 0.846. The highest BCUT2D eigenvalue weighted by Gasteiger charge is 2.31. The predicted molar refractivity (Wildman–Crippen MR) is 68.1 cm³/mol. The van der Waals surface area contributed by atoms with Gasteiger partial charge >= 0.3 is 0 Å². The Balaban J connectivity index is 1.76. The summed E-state index contributed by atoms with van der Waals surface area (Å²) in [5.74, 6) is 3.34. The molecular weight excluding hydrogens is 234 g/mol. The molecule has 94 valence electrons. The van der Waals surface area contributed by atoms with Crippen LogP contribution in [0.15, 0.2) is 0 Å². The Labute approximate surface area is 108 Å². The van der Waals surface area contributed by atoms with Crippen molar-refractivity contribution in [2.45, 2.75) is 57.9 Å². The van der Waals surface area contributed by atoms with E-state index in [0.717, 1.165) is 24.2 Å². The van der Waals surface area contributed by atoms with E-state index in [0.29, 0.717) is 11.2 Å². The molecule has 0 aromatic carbocycles. The van der Waals surface area contributed by atoms with E-state index >= 15 is 0 Å². The van der Waals surface area contributed by atoms with E-state index in [1.54, 1.807) is 0 Å². The van der Waals surface area contributed by atoms with Gasteiger partial charge in [-0.05, 0) is 42.7 Å². The van der Waals surface area contributed by atoms with Crippen LogP contribution in [0.1, 0.15) is 57.2 Å². The maximum Gasteiger partial charge on any atom is 0.225 e. The van der Waals surface area contributed by atoms with Crippen molar-refractivity contribution in [3.63, 3.8) is 0 Å². The van der Waals surface area contributed by atoms with E-state index in [1.807, 2.05) is 0 Å². The molecule has 0 spiro atoms. The lowest BCUT2D eigenvalue weighted by Crippen LogP contribution is -2.23. The zero-order chi connectivity index (χ0) is 11.8. The molecule has 2 fully saturated rings. The lowest BCUT2D eigenvalue weighted by Gasteiger charge is -2.29. The van der Waals surface area contributed by atoms with Crippen molar-refractivity contribution in [3.05, 3.63) is 11.1 Å². The molecule has 2 aliphatic rings. The molecule has 4 heteroatoms. The second kappa shape index (κ2) is 4.60. The third-order valence-electron chi connectivity index (χ3n) is 4.38. The maximum absolute atomic E-state index is 6.17. The third kappa shape index (κ3) is 2.35. The molecule has 0 radical (unpaired) electrons. The van der Waals surface area contributed by atoms with Gasteiger partial charge in [0.05, 0.1) is 0 Å². The first-order chi connectivity index (χ1) is 8.25. The van der Waals surface area contributed by atoms with Gasteiger partial charge in [-0.3, -0.25) is 0 Å². The molecule has 3 nitrogen and oxygen atoms in total. The van der Waals surface area contributed by atoms with Gasteiger partial charge in [0.15, 0.2) is 0 Å². The van der Waals surface area contributed by atoms with Gasteiger partial charge in [-0.15, -0.1) is 10.2 Å². The molecule has 0 aliphatic heterocycles. The average molecular weight is 254 g/mol. The second-order valence-electron chi connectivity index (χ2n) is 5.73. The van der Waals surface area contributed by atoms with Crippen LogP contribution in [0.5, 0.6) is 0 Å². The molecule has 0 saturated heterocycles. The van der Waals surface area contributed by atoms with Gasteiger partial charge in [0.1, 0.15) is 5.82 Å². The van der Waals surface area contributed by atoms with E-state index in [9.17, 15) is 0 Å². The molecule has 3 rings (SSSR count). The van der Waals surface area contributed by atoms with Crippen LogP contribution in [0, 0.1) is 11.8 Å². The summed E-state index contributed by atoms with van der Waals surface area (Å²) in [6.07, 6.45) is 7.98. The van der Waals surface area contributed by atoms with E-state index in [1.165, 1.54) is 38.5 Å². The molecule has 0 bridgehead atoms. The van der Waals surface area contributed by atoms with E-state index < -0.39 is 0 Å². The van der Waals surface area contributed by atoms with E-state index in [-0.39, 0.29) is 0 Å². The molecule has 2 unspecified atom stereocenters. The second-order valence-corrected chi connectivity index (χ2v) is 6.07. The number of hydrogen-bond acceptors (Lipinski definition) is 2. The highest BCUT2D eigenvalue weighted by atomic mass is 35.5. The Morgan fingerprint density at radius 1 is 1.18 bits per heavy atom. The normalized spacial score (nSPS) is 29.5. The largest absolute Gasteiger partial charge is 0.301 e. The summed E-state index contributed by atoms with van der Waals surface area (Å²) in [4.78, 5) is 0. The maximum atomic E-state index is 6.17. The minimum Gasteiger partial charge on any atom is -0.301 e. The fourth-order valence-electron chi connectivity index (χ4n) is 3.01. The number of nitrogens with zero attached hydrogens (tertiary/aromatic N) is 3. The van der Waals surface area contributed by atoms with Crippen molar-refractivity contribution >= 4 is 11.6 Å². The molecule has 2 aliphatic carbocycles. The van der Waals surface area contributed by atoms with Gasteiger partial charge in [-0.25, -0.2) is 0 Å². The quantitative estimate of drug-likeness (QED) is 0.824. The SMILES string of the molecule is CC1CCCCC1Cn1c(Cl)nnc1C1CC1. The standard InChI is InChI=1S/C13H20ClN3/c1-9-4-2-3-5-11(9)8-17-12(10-6-7-10)15-16-13(17)14/h9-11H,2-8H2,1H3. The minimum atomic E-state index is 0.588. The number of rotatable bonds is 3. The van der Waals surface area contributed by atoms with Gasteiger partial charge in [0, 0.05) is 12.5 Å². The Morgan fingerprint density at radius 2 is 1.94 bits per heavy atom. The van der Waals surface area contributed by atoms with Crippen molar-refractivity contribution in [2.75, 3.05) is 0 Å². The molecule has 17 heavy (non-hydrogen) atoms. The summed E-state index contributed by atoms with van der Waals surface area (Å²) in [5, 5.41) is 8.88. The topological polar surface area (TPSA) is 30.7 Å². The molecule has 1 aromatic heterocycles. The summed E-state index contributed by atoms with van der Waals surface area (Å²) in [6.45, 7) is 3.40. The Kier molecular flexibility index (Phi) is 3.12. The van der Waals surface area contributed by atoms with Crippen LogP contribution in [0.25, 0.3) is 0 Å². The zero-order valence-electron chi connectivity index (χ0n) is 10.4. The molecule has 0 amide bonds. The average Bonchev–Trinajstić information content (AvgIpc) is 3.09. The summed E-state index contributed by atoms with van der Waals surface area (Å²) in [5.41, 5.74) is 0. The monoisotopic (exact) mass is 253 g/mol. The lowest BCUT2D eigenvalue weighted by atomic mass is 9.80. The summed E-state index contributed by atoms with van der Waals surface area (Å²) in [7, 11) is 0. The molecule has 0 N–H and O–H groups in total. The first-order valence-corrected chi connectivity index (χ1v) is 7.22.